The number of nitrogens with zero attached hydrogens (tertiary/aromatic N) is 2. The third-order valence-corrected chi connectivity index (χ3v) is 2.27. The fraction of sp³-hybridized carbons (Fsp3) is 0.800. The average Bonchev–Trinajstić information content (AvgIpc) is 2.18. The molecule has 0 aromatic rings. The van der Waals surface area contributed by atoms with E-state index >= 15 is 0 Å². The maximum atomic E-state index is 10.9. The van der Waals surface area contributed by atoms with Crippen molar-refractivity contribution in [3.8, 4) is 6.07 Å². The number of likely N-dealkylation sites (N-methyl/N-ethyl adjacent to an activating group) is 1. The number of esters is 1. The van der Waals surface area contributed by atoms with Crippen LogP contribution in [0.5, 0.6) is 0 Å². The summed E-state index contributed by atoms with van der Waals surface area (Å²) >= 11 is 0. The van der Waals surface area contributed by atoms with E-state index in [0.29, 0.717) is 13.0 Å². The number of carbonyl (C=O) groups is 1. The molecule has 5 heteroatoms. The predicted molar refractivity (Wildman–Crippen MR) is 53.0 cm³/mol. The fourth-order valence-electron chi connectivity index (χ4n) is 1.46. The van der Waals surface area contributed by atoms with Gasteiger partial charge in [-0.1, -0.05) is 0 Å². The van der Waals surface area contributed by atoms with Gasteiger partial charge in [0.2, 0.25) is 0 Å². The highest BCUT2D eigenvalue weighted by Crippen LogP contribution is 2.06. The van der Waals surface area contributed by atoms with E-state index in [1.807, 2.05) is 7.05 Å². The van der Waals surface area contributed by atoms with E-state index in [1.165, 1.54) is 0 Å². The molecule has 0 N–H and O–H groups in total. The Hall–Kier alpha value is -1.12. The molecule has 0 spiro atoms. The molecule has 0 radical (unpaired) electrons. The zero-order valence-corrected chi connectivity index (χ0v) is 8.94. The Bertz CT molecular complexity index is 250. The van der Waals surface area contributed by atoms with Crippen molar-refractivity contribution in [3.63, 3.8) is 0 Å². The number of nitriles is 1. The summed E-state index contributed by atoms with van der Waals surface area (Å²) in [6.45, 7) is 2.88. The number of morpholine rings is 1. The van der Waals surface area contributed by atoms with Crippen LogP contribution in [0.25, 0.3) is 0 Å². The van der Waals surface area contributed by atoms with Crippen molar-refractivity contribution < 1.29 is 14.3 Å². The first-order chi connectivity index (χ1) is 7.22. The van der Waals surface area contributed by atoms with E-state index in [2.05, 4.69) is 4.90 Å². The monoisotopic (exact) mass is 212 g/mol. The fourth-order valence-corrected chi connectivity index (χ4v) is 1.46. The Morgan fingerprint density at radius 3 is 3.20 bits per heavy atom. The largest absolute Gasteiger partial charge is 0.465 e. The summed E-state index contributed by atoms with van der Waals surface area (Å²) in [5, 5.41) is 8.24. The SMILES string of the molecule is CN1CCOC(CCOC(=O)CC#N)C1. The highest BCUT2D eigenvalue weighted by atomic mass is 16.5. The van der Waals surface area contributed by atoms with E-state index in [1.54, 1.807) is 6.07 Å². The highest BCUT2D eigenvalue weighted by molar-refractivity contribution is 5.71. The number of rotatable bonds is 4. The molecule has 0 aromatic heterocycles. The molecule has 84 valence electrons. The molecule has 1 aliphatic rings. The summed E-state index contributed by atoms with van der Waals surface area (Å²) in [5.74, 6) is -0.457. The minimum absolute atomic E-state index is 0.138. The van der Waals surface area contributed by atoms with Crippen molar-refractivity contribution in [1.82, 2.24) is 4.90 Å². The van der Waals surface area contributed by atoms with Crippen LogP contribution >= 0.6 is 0 Å². The van der Waals surface area contributed by atoms with Crippen molar-refractivity contribution in [2.75, 3.05) is 33.4 Å². The van der Waals surface area contributed by atoms with Crippen LogP contribution in [0.4, 0.5) is 0 Å². The molecule has 1 rings (SSSR count). The lowest BCUT2D eigenvalue weighted by molar-refractivity contribution is -0.143. The molecule has 1 fully saturated rings. The predicted octanol–water partition coefficient (Wildman–Crippen LogP) is 0.164. The molecule has 0 aliphatic carbocycles. The molecule has 15 heavy (non-hydrogen) atoms. The van der Waals surface area contributed by atoms with Crippen LogP contribution in [-0.4, -0.2) is 50.3 Å². The molecule has 1 unspecified atom stereocenters. The zero-order chi connectivity index (χ0) is 11.1. The summed E-state index contributed by atoms with van der Waals surface area (Å²) in [6, 6.07) is 1.75. The molecule has 1 atom stereocenters. The van der Waals surface area contributed by atoms with E-state index in [-0.39, 0.29) is 12.5 Å². The number of carbonyl (C=O) groups excluding carboxylic acids is 1. The van der Waals surface area contributed by atoms with Crippen molar-refractivity contribution in [2.24, 2.45) is 0 Å². The van der Waals surface area contributed by atoms with Crippen molar-refractivity contribution in [2.45, 2.75) is 18.9 Å². The summed E-state index contributed by atoms with van der Waals surface area (Å²) in [5.41, 5.74) is 0. The van der Waals surface area contributed by atoms with Crippen LogP contribution in [0.2, 0.25) is 0 Å². The van der Waals surface area contributed by atoms with E-state index in [4.69, 9.17) is 14.7 Å². The van der Waals surface area contributed by atoms with Gasteiger partial charge in [-0.05, 0) is 7.05 Å². The van der Waals surface area contributed by atoms with Gasteiger partial charge in [0.25, 0.3) is 0 Å². The van der Waals surface area contributed by atoms with Crippen molar-refractivity contribution in [1.29, 1.82) is 5.26 Å². The standard InChI is InChI=1S/C10H16N2O3/c1-12-5-7-14-9(8-12)3-6-15-10(13)2-4-11/h9H,2-3,5-8H2,1H3. The second kappa shape index (κ2) is 6.38. The third kappa shape index (κ3) is 4.77. The van der Waals surface area contributed by atoms with Crippen LogP contribution < -0.4 is 0 Å². The Labute approximate surface area is 89.6 Å². The molecular weight excluding hydrogens is 196 g/mol. The average molecular weight is 212 g/mol. The molecule has 5 nitrogen and oxygen atoms in total. The molecule has 1 aliphatic heterocycles. The normalized spacial score (nSPS) is 22.0. The molecule has 0 aromatic carbocycles. The highest BCUT2D eigenvalue weighted by Gasteiger charge is 2.17. The first-order valence-electron chi connectivity index (χ1n) is 5.05. The second-order valence-electron chi connectivity index (χ2n) is 3.60. The van der Waals surface area contributed by atoms with Gasteiger partial charge in [0.05, 0.1) is 25.4 Å². The first-order valence-corrected chi connectivity index (χ1v) is 5.05. The molecule has 1 heterocycles. The maximum Gasteiger partial charge on any atom is 0.320 e. The van der Waals surface area contributed by atoms with Crippen molar-refractivity contribution in [3.05, 3.63) is 0 Å². The van der Waals surface area contributed by atoms with Gasteiger partial charge in [-0.15, -0.1) is 0 Å². The van der Waals surface area contributed by atoms with Crippen LogP contribution in [-0.2, 0) is 14.3 Å². The van der Waals surface area contributed by atoms with Gasteiger partial charge in [0, 0.05) is 19.5 Å². The van der Waals surface area contributed by atoms with Crippen molar-refractivity contribution >= 4 is 5.97 Å². The smallest absolute Gasteiger partial charge is 0.320 e. The minimum Gasteiger partial charge on any atom is -0.465 e. The van der Waals surface area contributed by atoms with E-state index in [0.717, 1.165) is 19.7 Å². The van der Waals surface area contributed by atoms with Crippen LogP contribution in [0, 0.1) is 11.3 Å². The lowest BCUT2D eigenvalue weighted by Crippen LogP contribution is -2.40. The number of hydrogen-bond donors (Lipinski definition) is 0. The van der Waals surface area contributed by atoms with Crippen LogP contribution in [0.1, 0.15) is 12.8 Å². The number of hydrogen-bond acceptors (Lipinski definition) is 5. The lowest BCUT2D eigenvalue weighted by Gasteiger charge is -2.29. The van der Waals surface area contributed by atoms with Crippen LogP contribution in [0.15, 0.2) is 0 Å². The third-order valence-electron chi connectivity index (χ3n) is 2.27. The van der Waals surface area contributed by atoms with E-state index < -0.39 is 5.97 Å². The van der Waals surface area contributed by atoms with Gasteiger partial charge < -0.3 is 14.4 Å². The summed E-state index contributed by atoms with van der Waals surface area (Å²) in [4.78, 5) is 13.0. The van der Waals surface area contributed by atoms with Gasteiger partial charge in [-0.2, -0.15) is 5.26 Å². The Balaban J connectivity index is 2.09. The Kier molecular flexibility index (Phi) is 5.08. The molecule has 0 amide bonds. The molecule has 0 bridgehead atoms. The second-order valence-corrected chi connectivity index (χ2v) is 3.60. The Morgan fingerprint density at radius 2 is 2.53 bits per heavy atom. The minimum atomic E-state index is -0.457. The van der Waals surface area contributed by atoms with Gasteiger partial charge in [0.1, 0.15) is 6.42 Å². The Morgan fingerprint density at radius 1 is 1.73 bits per heavy atom. The molecular formula is C10H16N2O3. The van der Waals surface area contributed by atoms with Gasteiger partial charge in [-0.25, -0.2) is 0 Å². The van der Waals surface area contributed by atoms with Gasteiger partial charge in [-0.3, -0.25) is 4.79 Å². The summed E-state index contributed by atoms with van der Waals surface area (Å²) in [6.07, 6.45) is 0.658. The molecule has 1 saturated heterocycles. The van der Waals surface area contributed by atoms with Gasteiger partial charge >= 0.3 is 5.97 Å². The van der Waals surface area contributed by atoms with Gasteiger partial charge in [0.15, 0.2) is 0 Å². The first kappa shape index (κ1) is 12.0. The zero-order valence-electron chi connectivity index (χ0n) is 8.94. The summed E-state index contributed by atoms with van der Waals surface area (Å²) in [7, 11) is 2.04. The maximum absolute atomic E-state index is 10.9. The van der Waals surface area contributed by atoms with E-state index in [9.17, 15) is 4.79 Å². The van der Waals surface area contributed by atoms with Crippen LogP contribution in [0.3, 0.4) is 0 Å². The molecule has 0 saturated carbocycles. The number of ether oxygens (including phenoxy) is 2. The topological polar surface area (TPSA) is 62.6 Å². The quantitative estimate of drug-likeness (QED) is 0.621. The lowest BCUT2D eigenvalue weighted by atomic mass is 10.2. The summed E-state index contributed by atoms with van der Waals surface area (Å²) < 4.78 is 10.4.